The molecule has 0 radical (unpaired) electrons. The Morgan fingerprint density at radius 1 is 1.23 bits per heavy atom. The van der Waals surface area contributed by atoms with E-state index in [9.17, 15) is 19.4 Å². The number of nitrogens with zero attached hydrogens (tertiary/aromatic N) is 1. The third-order valence-electron chi connectivity index (χ3n) is 5.12. The Kier molecular flexibility index (Phi) is 6.74. The molecule has 160 valence electrons. The van der Waals surface area contributed by atoms with Gasteiger partial charge in [-0.05, 0) is 46.9 Å². The average molecular weight is 414 g/mol. The summed E-state index contributed by atoms with van der Waals surface area (Å²) in [5.74, 6) is -1.25. The molecule has 0 saturated heterocycles. The van der Waals surface area contributed by atoms with Crippen LogP contribution in [0.5, 0.6) is 0 Å². The molecule has 3 rings (SSSR count). The van der Waals surface area contributed by atoms with E-state index in [-0.39, 0.29) is 24.2 Å². The molecular formula is C23H27FN2O4. The van der Waals surface area contributed by atoms with Gasteiger partial charge in [0.1, 0.15) is 5.82 Å². The highest BCUT2D eigenvalue weighted by Crippen LogP contribution is 2.39. The zero-order valence-corrected chi connectivity index (χ0v) is 17.0. The van der Waals surface area contributed by atoms with E-state index in [0.717, 1.165) is 22.4 Å². The van der Waals surface area contributed by atoms with Crippen molar-refractivity contribution in [3.8, 4) is 0 Å². The SMILES string of the molecule is CC(C)C1=C(/C=C/C(O)CC(O)CC(=O)O)C(c2ccc(F)cc2)Nn2cccc21. The molecule has 0 fully saturated rings. The number of fused-ring (bicyclic) bond motifs is 1. The fraction of sp³-hybridized carbons (Fsp3) is 0.348. The fourth-order valence-electron chi connectivity index (χ4n) is 3.81. The normalized spacial score (nSPS) is 18.4. The summed E-state index contributed by atoms with van der Waals surface area (Å²) in [5, 5.41) is 28.9. The quantitative estimate of drug-likeness (QED) is 0.531. The second-order valence-corrected chi connectivity index (χ2v) is 7.81. The minimum Gasteiger partial charge on any atom is -0.481 e. The molecule has 4 N–H and O–H groups in total. The summed E-state index contributed by atoms with van der Waals surface area (Å²) in [6.07, 6.45) is 2.69. The molecule has 1 aromatic carbocycles. The maximum atomic E-state index is 13.5. The molecule has 7 heteroatoms. The maximum absolute atomic E-state index is 13.5. The highest BCUT2D eigenvalue weighted by atomic mass is 19.1. The first kappa shape index (κ1) is 21.8. The molecule has 0 amide bonds. The summed E-state index contributed by atoms with van der Waals surface area (Å²) < 4.78 is 15.4. The number of hydrogen-bond donors (Lipinski definition) is 4. The van der Waals surface area contributed by atoms with Crippen LogP contribution in [0.25, 0.3) is 5.57 Å². The molecule has 3 unspecified atom stereocenters. The van der Waals surface area contributed by atoms with Gasteiger partial charge in [0.2, 0.25) is 0 Å². The maximum Gasteiger partial charge on any atom is 0.305 e. The molecule has 3 atom stereocenters. The lowest BCUT2D eigenvalue weighted by Crippen LogP contribution is -2.29. The van der Waals surface area contributed by atoms with E-state index < -0.39 is 24.6 Å². The number of hydrogen-bond acceptors (Lipinski definition) is 4. The van der Waals surface area contributed by atoms with Crippen LogP contribution in [-0.4, -0.2) is 38.2 Å². The first-order chi connectivity index (χ1) is 14.3. The number of carboxylic acid groups (broad SMARTS) is 1. The van der Waals surface area contributed by atoms with Gasteiger partial charge in [0.05, 0.1) is 30.4 Å². The van der Waals surface area contributed by atoms with Gasteiger partial charge in [0.25, 0.3) is 0 Å². The molecule has 6 nitrogen and oxygen atoms in total. The van der Waals surface area contributed by atoms with Crippen molar-refractivity contribution in [3.05, 3.63) is 77.4 Å². The Bertz CT molecular complexity index is 946. The standard InChI is InChI=1S/C23H27FN2O4/c1-14(2)22-19(10-9-17(27)12-18(28)13-21(29)30)23(15-5-7-16(24)8-6-15)25-26-11-3-4-20(22)26/h3-11,14,17-18,23,25,27-28H,12-13H2,1-2H3,(H,29,30)/b10-9+. The van der Waals surface area contributed by atoms with Crippen LogP contribution in [0.4, 0.5) is 4.39 Å². The molecule has 1 aliphatic rings. The number of allylic oxidation sites excluding steroid dienone is 1. The highest BCUT2D eigenvalue weighted by molar-refractivity contribution is 5.74. The molecular weight excluding hydrogens is 387 g/mol. The predicted molar refractivity (Wildman–Crippen MR) is 113 cm³/mol. The number of aromatic nitrogens is 1. The smallest absolute Gasteiger partial charge is 0.305 e. The van der Waals surface area contributed by atoms with E-state index in [1.807, 2.05) is 29.1 Å². The Morgan fingerprint density at radius 3 is 2.57 bits per heavy atom. The van der Waals surface area contributed by atoms with Crippen LogP contribution in [0.15, 0.2) is 60.3 Å². The van der Waals surface area contributed by atoms with Crippen LogP contribution >= 0.6 is 0 Å². The third kappa shape index (κ3) is 4.98. The number of aliphatic hydroxyl groups excluding tert-OH is 2. The summed E-state index contributed by atoms with van der Waals surface area (Å²) in [7, 11) is 0. The number of benzene rings is 1. The van der Waals surface area contributed by atoms with E-state index in [4.69, 9.17) is 5.11 Å². The summed E-state index contributed by atoms with van der Waals surface area (Å²) in [6.45, 7) is 4.17. The van der Waals surface area contributed by atoms with Crippen molar-refractivity contribution in [2.75, 3.05) is 5.43 Å². The van der Waals surface area contributed by atoms with Crippen molar-refractivity contribution >= 4 is 11.5 Å². The van der Waals surface area contributed by atoms with Crippen LogP contribution in [-0.2, 0) is 4.79 Å². The van der Waals surface area contributed by atoms with Crippen LogP contribution in [0.3, 0.4) is 0 Å². The van der Waals surface area contributed by atoms with Gasteiger partial charge in [-0.3, -0.25) is 9.47 Å². The predicted octanol–water partition coefficient (Wildman–Crippen LogP) is 3.48. The Morgan fingerprint density at radius 2 is 1.93 bits per heavy atom. The number of carboxylic acids is 1. The zero-order chi connectivity index (χ0) is 21.8. The van der Waals surface area contributed by atoms with Crippen molar-refractivity contribution in [1.82, 2.24) is 4.68 Å². The second-order valence-electron chi connectivity index (χ2n) is 7.81. The van der Waals surface area contributed by atoms with Gasteiger partial charge in [-0.1, -0.05) is 38.1 Å². The highest BCUT2D eigenvalue weighted by Gasteiger charge is 2.28. The van der Waals surface area contributed by atoms with Crippen molar-refractivity contribution < 1.29 is 24.5 Å². The molecule has 0 aliphatic carbocycles. The largest absolute Gasteiger partial charge is 0.481 e. The number of aliphatic hydroxyl groups is 2. The molecule has 0 bridgehead atoms. The lowest BCUT2D eigenvalue weighted by Gasteiger charge is -2.33. The molecule has 0 saturated carbocycles. The number of carbonyl (C=O) groups is 1. The summed E-state index contributed by atoms with van der Waals surface area (Å²) >= 11 is 0. The van der Waals surface area contributed by atoms with Crippen molar-refractivity contribution in [1.29, 1.82) is 0 Å². The molecule has 1 aromatic heterocycles. The average Bonchev–Trinajstić information content (AvgIpc) is 3.13. The molecule has 1 aliphatic heterocycles. The molecule has 2 aromatic rings. The van der Waals surface area contributed by atoms with Crippen molar-refractivity contribution in [2.24, 2.45) is 5.92 Å². The van der Waals surface area contributed by atoms with Crippen molar-refractivity contribution in [3.63, 3.8) is 0 Å². The lowest BCUT2D eigenvalue weighted by molar-refractivity contribution is -0.139. The first-order valence-corrected chi connectivity index (χ1v) is 9.96. The summed E-state index contributed by atoms with van der Waals surface area (Å²) in [6, 6.07) is 9.95. The zero-order valence-electron chi connectivity index (χ0n) is 17.0. The van der Waals surface area contributed by atoms with E-state index in [2.05, 4.69) is 19.3 Å². The fourth-order valence-corrected chi connectivity index (χ4v) is 3.81. The third-order valence-corrected chi connectivity index (χ3v) is 5.12. The minimum atomic E-state index is -1.13. The molecule has 0 spiro atoms. The van der Waals surface area contributed by atoms with Crippen molar-refractivity contribution in [2.45, 2.75) is 44.9 Å². The van der Waals surface area contributed by atoms with Crippen LogP contribution in [0.2, 0.25) is 0 Å². The van der Waals surface area contributed by atoms with E-state index in [1.54, 1.807) is 18.2 Å². The van der Waals surface area contributed by atoms with Gasteiger partial charge in [-0.15, -0.1) is 0 Å². The summed E-state index contributed by atoms with van der Waals surface area (Å²) in [4.78, 5) is 10.7. The topological polar surface area (TPSA) is 94.7 Å². The number of aliphatic carboxylic acids is 1. The second kappa shape index (κ2) is 9.28. The first-order valence-electron chi connectivity index (χ1n) is 9.96. The van der Waals surface area contributed by atoms with E-state index in [1.165, 1.54) is 12.1 Å². The lowest BCUT2D eigenvalue weighted by atomic mass is 9.86. The summed E-state index contributed by atoms with van der Waals surface area (Å²) in [5.41, 5.74) is 7.30. The minimum absolute atomic E-state index is 0.0713. The Balaban J connectivity index is 1.97. The van der Waals surface area contributed by atoms with Gasteiger partial charge in [-0.25, -0.2) is 4.39 Å². The van der Waals surface area contributed by atoms with Gasteiger partial charge in [0, 0.05) is 12.6 Å². The molecule has 2 heterocycles. The van der Waals surface area contributed by atoms with Crippen LogP contribution < -0.4 is 5.43 Å². The molecule has 30 heavy (non-hydrogen) atoms. The number of rotatable bonds is 8. The van der Waals surface area contributed by atoms with E-state index in [0.29, 0.717) is 0 Å². The number of nitrogens with one attached hydrogen (secondary N) is 1. The monoisotopic (exact) mass is 414 g/mol. The number of halogens is 1. The van der Waals surface area contributed by atoms with Gasteiger partial charge < -0.3 is 20.7 Å². The van der Waals surface area contributed by atoms with Gasteiger partial charge in [0.15, 0.2) is 0 Å². The van der Waals surface area contributed by atoms with Gasteiger partial charge >= 0.3 is 5.97 Å². The Labute approximate surface area is 174 Å². The van der Waals surface area contributed by atoms with Gasteiger partial charge in [-0.2, -0.15) is 0 Å². The van der Waals surface area contributed by atoms with Crippen LogP contribution in [0, 0.1) is 11.7 Å². The Hall–Kier alpha value is -2.90. The van der Waals surface area contributed by atoms with E-state index >= 15 is 0 Å². The van der Waals surface area contributed by atoms with Crippen LogP contribution in [0.1, 0.15) is 44.0 Å².